The maximum atomic E-state index is 11.7. The number of nitrogens with zero attached hydrogens (tertiary/aromatic N) is 1. The molecule has 4 nitrogen and oxygen atoms in total. The van der Waals surface area contributed by atoms with Crippen LogP contribution in [-0.4, -0.2) is 17.2 Å². The fraction of sp³-hybridized carbons (Fsp3) is 0. The highest BCUT2D eigenvalue weighted by molar-refractivity contribution is 9.10. The lowest BCUT2D eigenvalue weighted by molar-refractivity contribution is 0.0955. The molecule has 96 valence electrons. The van der Waals surface area contributed by atoms with Crippen LogP contribution >= 0.6 is 15.9 Å². The minimum Gasteiger partial charge on any atom is -0.507 e. The Bertz CT molecular complexity index is 612. The van der Waals surface area contributed by atoms with E-state index in [2.05, 4.69) is 26.5 Å². The quantitative estimate of drug-likeness (QED) is 0.675. The second-order valence-electron chi connectivity index (χ2n) is 3.77. The van der Waals surface area contributed by atoms with Gasteiger partial charge in [0, 0.05) is 15.6 Å². The summed E-state index contributed by atoms with van der Waals surface area (Å²) in [6.45, 7) is 0. The van der Waals surface area contributed by atoms with Crippen molar-refractivity contribution in [2.24, 2.45) is 5.10 Å². The molecule has 0 aromatic heterocycles. The predicted octanol–water partition coefficient (Wildman–Crippen LogP) is 2.92. The van der Waals surface area contributed by atoms with E-state index in [1.54, 1.807) is 42.5 Å². The molecule has 0 saturated carbocycles. The number of halogens is 1. The van der Waals surface area contributed by atoms with Gasteiger partial charge in [-0.25, -0.2) is 5.43 Å². The van der Waals surface area contributed by atoms with Crippen LogP contribution < -0.4 is 5.43 Å². The van der Waals surface area contributed by atoms with Crippen LogP contribution in [-0.2, 0) is 0 Å². The van der Waals surface area contributed by atoms with Gasteiger partial charge in [-0.15, -0.1) is 0 Å². The largest absolute Gasteiger partial charge is 0.507 e. The van der Waals surface area contributed by atoms with Gasteiger partial charge in [-0.05, 0) is 30.3 Å². The number of benzene rings is 2. The number of hydrogen-bond acceptors (Lipinski definition) is 3. The van der Waals surface area contributed by atoms with Gasteiger partial charge in [0.2, 0.25) is 0 Å². The summed E-state index contributed by atoms with van der Waals surface area (Å²) in [6, 6.07) is 13.7. The van der Waals surface area contributed by atoms with Crippen LogP contribution in [0.3, 0.4) is 0 Å². The van der Waals surface area contributed by atoms with Crippen molar-refractivity contribution in [3.8, 4) is 5.75 Å². The van der Waals surface area contributed by atoms with Gasteiger partial charge < -0.3 is 5.11 Å². The number of carbonyl (C=O) groups excluding carboxylic acids is 1. The minimum absolute atomic E-state index is 0.0981. The van der Waals surface area contributed by atoms with Crippen LogP contribution in [0.2, 0.25) is 0 Å². The van der Waals surface area contributed by atoms with E-state index in [4.69, 9.17) is 0 Å². The van der Waals surface area contributed by atoms with Crippen molar-refractivity contribution in [2.45, 2.75) is 0 Å². The summed E-state index contributed by atoms with van der Waals surface area (Å²) in [5, 5.41) is 13.4. The number of hydrazone groups is 1. The summed E-state index contributed by atoms with van der Waals surface area (Å²) in [4.78, 5) is 11.7. The van der Waals surface area contributed by atoms with Crippen LogP contribution in [0.25, 0.3) is 0 Å². The molecule has 0 aliphatic heterocycles. The summed E-state index contributed by atoms with van der Waals surface area (Å²) in [5.41, 5.74) is 3.44. The SMILES string of the molecule is O=C(N/N=C\c1cc(Br)ccc1O)c1ccccc1. The van der Waals surface area contributed by atoms with Crippen LogP contribution in [0.15, 0.2) is 58.1 Å². The molecule has 0 atom stereocenters. The Morgan fingerprint density at radius 3 is 2.68 bits per heavy atom. The van der Waals surface area contributed by atoms with Gasteiger partial charge in [0.1, 0.15) is 5.75 Å². The van der Waals surface area contributed by atoms with E-state index in [9.17, 15) is 9.90 Å². The van der Waals surface area contributed by atoms with Gasteiger partial charge in [0.25, 0.3) is 5.91 Å². The van der Waals surface area contributed by atoms with Gasteiger partial charge in [-0.2, -0.15) is 5.10 Å². The summed E-state index contributed by atoms with van der Waals surface area (Å²) >= 11 is 3.29. The van der Waals surface area contributed by atoms with Crippen LogP contribution in [0, 0.1) is 0 Å². The third-order valence-corrected chi connectivity index (χ3v) is 2.89. The summed E-state index contributed by atoms with van der Waals surface area (Å²) < 4.78 is 0.820. The molecule has 0 radical (unpaired) electrons. The molecule has 0 heterocycles. The Kier molecular flexibility index (Phi) is 4.30. The molecular formula is C14H11BrN2O2. The van der Waals surface area contributed by atoms with E-state index in [0.717, 1.165) is 4.47 Å². The zero-order valence-corrected chi connectivity index (χ0v) is 11.5. The molecule has 1 amide bonds. The molecule has 2 rings (SSSR count). The first-order chi connectivity index (χ1) is 9.16. The third-order valence-electron chi connectivity index (χ3n) is 2.40. The molecule has 0 spiro atoms. The number of hydrogen-bond donors (Lipinski definition) is 2. The number of rotatable bonds is 3. The Morgan fingerprint density at radius 2 is 1.95 bits per heavy atom. The highest BCUT2D eigenvalue weighted by atomic mass is 79.9. The number of nitrogens with one attached hydrogen (secondary N) is 1. The van der Waals surface area contributed by atoms with Gasteiger partial charge in [0.05, 0.1) is 6.21 Å². The van der Waals surface area contributed by atoms with E-state index >= 15 is 0 Å². The van der Waals surface area contributed by atoms with Crippen LogP contribution in [0.1, 0.15) is 15.9 Å². The molecule has 0 aliphatic rings. The molecule has 0 saturated heterocycles. The van der Waals surface area contributed by atoms with Crippen molar-refractivity contribution in [2.75, 3.05) is 0 Å². The molecule has 0 unspecified atom stereocenters. The number of phenolic OH excluding ortho intramolecular Hbond substituents is 1. The first-order valence-corrected chi connectivity index (χ1v) is 6.33. The van der Waals surface area contributed by atoms with Gasteiger partial charge in [-0.1, -0.05) is 34.1 Å². The highest BCUT2D eigenvalue weighted by Gasteiger charge is 2.02. The maximum absolute atomic E-state index is 11.7. The predicted molar refractivity (Wildman–Crippen MR) is 77.3 cm³/mol. The average molecular weight is 319 g/mol. The summed E-state index contributed by atoms with van der Waals surface area (Å²) in [5.74, 6) is -0.202. The Labute approximate surface area is 118 Å². The smallest absolute Gasteiger partial charge is 0.271 e. The van der Waals surface area contributed by atoms with Crippen molar-refractivity contribution in [1.29, 1.82) is 0 Å². The molecule has 2 aromatic carbocycles. The lowest BCUT2D eigenvalue weighted by Gasteiger charge is -2.00. The molecule has 5 heteroatoms. The van der Waals surface area contributed by atoms with Crippen molar-refractivity contribution in [3.05, 3.63) is 64.1 Å². The Balaban J connectivity index is 2.04. The zero-order valence-electron chi connectivity index (χ0n) is 9.88. The van der Waals surface area contributed by atoms with E-state index in [1.807, 2.05) is 6.07 Å². The van der Waals surface area contributed by atoms with Crippen molar-refractivity contribution < 1.29 is 9.90 Å². The van der Waals surface area contributed by atoms with E-state index in [-0.39, 0.29) is 11.7 Å². The summed E-state index contributed by atoms with van der Waals surface area (Å²) in [7, 11) is 0. The van der Waals surface area contributed by atoms with Crippen molar-refractivity contribution in [1.82, 2.24) is 5.43 Å². The maximum Gasteiger partial charge on any atom is 0.271 e. The normalized spacial score (nSPS) is 10.6. The van der Waals surface area contributed by atoms with Gasteiger partial charge in [0.15, 0.2) is 0 Å². The second kappa shape index (κ2) is 6.15. The molecule has 2 N–H and O–H groups in total. The fourth-order valence-electron chi connectivity index (χ4n) is 1.44. The first kappa shape index (κ1) is 13.3. The number of amides is 1. The molecular weight excluding hydrogens is 308 g/mol. The Hall–Kier alpha value is -2.14. The summed E-state index contributed by atoms with van der Waals surface area (Å²) in [6.07, 6.45) is 1.39. The standard InChI is InChI=1S/C14H11BrN2O2/c15-12-6-7-13(18)11(8-12)9-16-17-14(19)10-4-2-1-3-5-10/h1-9,18H,(H,17,19)/b16-9-. The second-order valence-corrected chi connectivity index (χ2v) is 4.68. The third kappa shape index (κ3) is 3.66. The van der Waals surface area contributed by atoms with E-state index in [0.29, 0.717) is 11.1 Å². The van der Waals surface area contributed by atoms with Crippen LogP contribution in [0.4, 0.5) is 0 Å². The van der Waals surface area contributed by atoms with E-state index < -0.39 is 0 Å². The molecule has 0 aliphatic carbocycles. The highest BCUT2D eigenvalue weighted by Crippen LogP contribution is 2.19. The van der Waals surface area contributed by atoms with Gasteiger partial charge in [-0.3, -0.25) is 4.79 Å². The molecule has 19 heavy (non-hydrogen) atoms. The first-order valence-electron chi connectivity index (χ1n) is 5.54. The van der Waals surface area contributed by atoms with E-state index in [1.165, 1.54) is 6.21 Å². The van der Waals surface area contributed by atoms with Crippen LogP contribution in [0.5, 0.6) is 5.75 Å². The monoisotopic (exact) mass is 318 g/mol. The van der Waals surface area contributed by atoms with Crippen molar-refractivity contribution in [3.63, 3.8) is 0 Å². The zero-order chi connectivity index (χ0) is 13.7. The molecule has 0 bridgehead atoms. The number of phenols is 1. The Morgan fingerprint density at radius 1 is 1.21 bits per heavy atom. The van der Waals surface area contributed by atoms with Crippen molar-refractivity contribution >= 4 is 28.1 Å². The topological polar surface area (TPSA) is 61.7 Å². The number of aromatic hydroxyl groups is 1. The average Bonchev–Trinajstić information content (AvgIpc) is 2.43. The minimum atomic E-state index is -0.300. The fourth-order valence-corrected chi connectivity index (χ4v) is 1.82. The lowest BCUT2D eigenvalue weighted by atomic mass is 10.2. The molecule has 2 aromatic rings. The van der Waals surface area contributed by atoms with Gasteiger partial charge >= 0.3 is 0 Å². The molecule has 0 fully saturated rings. The number of carbonyl (C=O) groups is 1. The lowest BCUT2D eigenvalue weighted by Crippen LogP contribution is -2.17.